The number of amides is 1. The highest BCUT2D eigenvalue weighted by molar-refractivity contribution is 7.97. The average Bonchev–Trinajstić information content (AvgIpc) is 2.83. The molecule has 0 saturated carbocycles. The smallest absolute Gasteiger partial charge is 0.240 e. The number of hydrogen-bond donors (Lipinski definition) is 2. The lowest BCUT2D eigenvalue weighted by atomic mass is 10.1. The van der Waals surface area contributed by atoms with Gasteiger partial charge in [-0.1, -0.05) is 26.0 Å². The highest BCUT2D eigenvalue weighted by Gasteiger charge is 2.14. The van der Waals surface area contributed by atoms with E-state index in [1.807, 2.05) is 35.1 Å². The first-order chi connectivity index (χ1) is 11.0. The summed E-state index contributed by atoms with van der Waals surface area (Å²) in [5, 5.41) is 12.7. The van der Waals surface area contributed by atoms with E-state index in [4.69, 9.17) is 0 Å². The van der Waals surface area contributed by atoms with E-state index >= 15 is 0 Å². The molecule has 1 aromatic carbocycles. The number of nitrogens with one attached hydrogen (secondary N) is 1. The third-order valence-corrected chi connectivity index (χ3v) is 4.13. The molecule has 0 bridgehead atoms. The largest absolute Gasteiger partial charge is 0.391 e. The van der Waals surface area contributed by atoms with Crippen LogP contribution >= 0.6 is 11.8 Å². The minimum absolute atomic E-state index is 0.0988. The molecule has 0 fully saturated rings. The fourth-order valence-electron chi connectivity index (χ4n) is 2.60. The van der Waals surface area contributed by atoms with Crippen LogP contribution in [0.1, 0.15) is 26.1 Å². The number of thioether (sulfide) groups is 1. The zero-order chi connectivity index (χ0) is 16.8. The van der Waals surface area contributed by atoms with Gasteiger partial charge in [0.15, 0.2) is 0 Å². The van der Waals surface area contributed by atoms with Crippen molar-refractivity contribution in [2.24, 2.45) is 5.92 Å². The Morgan fingerprint density at radius 1 is 1.39 bits per heavy atom. The lowest BCUT2D eigenvalue weighted by molar-refractivity contribution is -0.122. The molecule has 23 heavy (non-hydrogen) atoms. The highest BCUT2D eigenvalue weighted by Crippen LogP contribution is 2.18. The zero-order valence-corrected chi connectivity index (χ0v) is 14.8. The number of carbonyl (C=O) groups excluding carboxylic acids is 1. The number of fused-ring (bicyclic) bond motifs is 1. The van der Waals surface area contributed by atoms with E-state index in [1.54, 1.807) is 11.8 Å². The van der Waals surface area contributed by atoms with Crippen LogP contribution in [0.4, 0.5) is 0 Å². The summed E-state index contributed by atoms with van der Waals surface area (Å²) >= 11 is 1.68. The molecule has 0 aliphatic heterocycles. The summed E-state index contributed by atoms with van der Waals surface area (Å²) in [7, 11) is 0. The third kappa shape index (κ3) is 4.97. The van der Waals surface area contributed by atoms with Gasteiger partial charge in [-0.05, 0) is 30.7 Å². The normalized spacial score (nSPS) is 12.7. The van der Waals surface area contributed by atoms with Crippen LogP contribution in [0, 0.1) is 5.92 Å². The fourth-order valence-corrected chi connectivity index (χ4v) is 3.08. The topological polar surface area (TPSA) is 67.2 Å². The number of hydrogen-bond acceptors (Lipinski definition) is 4. The number of para-hydroxylation sites is 2. The van der Waals surface area contributed by atoms with Gasteiger partial charge in [0, 0.05) is 6.54 Å². The lowest BCUT2D eigenvalue weighted by Gasteiger charge is -2.14. The van der Waals surface area contributed by atoms with E-state index in [0.717, 1.165) is 22.6 Å². The number of aromatic nitrogens is 2. The molecule has 126 valence electrons. The Labute approximate surface area is 141 Å². The lowest BCUT2D eigenvalue weighted by Crippen LogP contribution is -2.35. The number of carbonyl (C=O) groups is 1. The summed E-state index contributed by atoms with van der Waals surface area (Å²) in [6, 6.07) is 7.84. The standard InChI is InChI=1S/C17H25N3O2S/c1-12(2)8-13(21)9-18-17(22)10-20-15-7-5-4-6-14(15)19-16(20)11-23-3/h4-7,12-13,21H,8-11H2,1-3H3,(H,18,22). The second kappa shape index (κ2) is 8.36. The van der Waals surface area contributed by atoms with Gasteiger partial charge in [-0.25, -0.2) is 4.98 Å². The van der Waals surface area contributed by atoms with E-state index in [0.29, 0.717) is 18.9 Å². The molecule has 0 saturated heterocycles. The summed E-state index contributed by atoms with van der Waals surface area (Å²) in [5.41, 5.74) is 1.87. The summed E-state index contributed by atoms with van der Waals surface area (Å²) in [4.78, 5) is 16.8. The van der Waals surface area contributed by atoms with Crippen LogP contribution < -0.4 is 5.32 Å². The van der Waals surface area contributed by atoms with Crippen LogP contribution in [0.3, 0.4) is 0 Å². The van der Waals surface area contributed by atoms with Crippen LogP contribution in [0.5, 0.6) is 0 Å². The van der Waals surface area contributed by atoms with Crippen molar-refractivity contribution in [2.45, 2.75) is 38.7 Å². The Morgan fingerprint density at radius 2 is 2.13 bits per heavy atom. The van der Waals surface area contributed by atoms with Gasteiger partial charge in [-0.3, -0.25) is 4.79 Å². The summed E-state index contributed by atoms with van der Waals surface area (Å²) in [5.74, 6) is 1.97. The van der Waals surface area contributed by atoms with Crippen molar-refractivity contribution in [3.63, 3.8) is 0 Å². The molecule has 1 amide bonds. The van der Waals surface area contributed by atoms with Crippen LogP contribution in [0.2, 0.25) is 0 Å². The van der Waals surface area contributed by atoms with Gasteiger partial charge in [0.1, 0.15) is 12.4 Å². The van der Waals surface area contributed by atoms with Crippen molar-refractivity contribution in [1.29, 1.82) is 0 Å². The molecule has 5 nitrogen and oxygen atoms in total. The van der Waals surface area contributed by atoms with E-state index in [2.05, 4.69) is 24.1 Å². The highest BCUT2D eigenvalue weighted by atomic mass is 32.2. The second-order valence-electron chi connectivity index (χ2n) is 6.12. The minimum Gasteiger partial charge on any atom is -0.391 e. The summed E-state index contributed by atoms with van der Waals surface area (Å²) in [6.45, 7) is 4.63. The van der Waals surface area contributed by atoms with Crippen molar-refractivity contribution in [2.75, 3.05) is 12.8 Å². The molecular weight excluding hydrogens is 310 g/mol. The van der Waals surface area contributed by atoms with Crippen LogP contribution in [-0.4, -0.2) is 39.5 Å². The molecule has 2 N–H and O–H groups in total. The van der Waals surface area contributed by atoms with E-state index < -0.39 is 6.10 Å². The predicted octanol–water partition coefficient (Wildman–Crippen LogP) is 2.42. The van der Waals surface area contributed by atoms with Crippen LogP contribution in [-0.2, 0) is 17.1 Å². The summed E-state index contributed by atoms with van der Waals surface area (Å²) in [6.07, 6.45) is 2.21. The Balaban J connectivity index is 2.05. The number of aliphatic hydroxyl groups is 1. The molecule has 1 unspecified atom stereocenters. The first kappa shape index (κ1) is 17.8. The van der Waals surface area contributed by atoms with E-state index in [1.165, 1.54) is 0 Å². The van der Waals surface area contributed by atoms with E-state index in [9.17, 15) is 9.90 Å². The first-order valence-electron chi connectivity index (χ1n) is 7.89. The molecule has 0 radical (unpaired) electrons. The number of benzene rings is 1. The third-order valence-electron chi connectivity index (χ3n) is 3.59. The maximum atomic E-state index is 12.2. The number of imidazole rings is 1. The van der Waals surface area contributed by atoms with Crippen molar-refractivity contribution in [3.05, 3.63) is 30.1 Å². The molecule has 0 aliphatic carbocycles. The maximum Gasteiger partial charge on any atom is 0.240 e. The molecule has 0 aliphatic rings. The Bertz CT molecular complexity index is 654. The molecular formula is C17H25N3O2S. The van der Waals surface area contributed by atoms with Crippen LogP contribution in [0.25, 0.3) is 11.0 Å². The van der Waals surface area contributed by atoms with Gasteiger partial charge in [0.25, 0.3) is 0 Å². The molecule has 2 rings (SSSR count). The van der Waals surface area contributed by atoms with Gasteiger partial charge in [-0.2, -0.15) is 11.8 Å². The molecule has 2 aromatic rings. The number of nitrogens with zero attached hydrogens (tertiary/aromatic N) is 2. The van der Waals surface area contributed by atoms with Crippen LogP contribution in [0.15, 0.2) is 24.3 Å². The van der Waals surface area contributed by atoms with Crippen molar-refractivity contribution in [3.8, 4) is 0 Å². The monoisotopic (exact) mass is 335 g/mol. The number of aliphatic hydroxyl groups excluding tert-OH is 1. The molecule has 1 aromatic heterocycles. The van der Waals surface area contributed by atoms with Gasteiger partial charge in [-0.15, -0.1) is 0 Å². The van der Waals surface area contributed by atoms with Crippen molar-refractivity contribution in [1.82, 2.24) is 14.9 Å². The Hall–Kier alpha value is -1.53. The number of rotatable bonds is 8. The minimum atomic E-state index is -0.496. The zero-order valence-electron chi connectivity index (χ0n) is 14.0. The fraction of sp³-hybridized carbons (Fsp3) is 0.529. The first-order valence-corrected chi connectivity index (χ1v) is 9.28. The second-order valence-corrected chi connectivity index (χ2v) is 6.99. The predicted molar refractivity (Wildman–Crippen MR) is 95.4 cm³/mol. The molecule has 1 heterocycles. The molecule has 6 heteroatoms. The van der Waals surface area contributed by atoms with Crippen molar-refractivity contribution < 1.29 is 9.90 Å². The average molecular weight is 335 g/mol. The van der Waals surface area contributed by atoms with Gasteiger partial charge < -0.3 is 15.0 Å². The summed E-state index contributed by atoms with van der Waals surface area (Å²) < 4.78 is 1.95. The SMILES string of the molecule is CSCc1nc2ccccc2n1CC(=O)NCC(O)CC(C)C. The molecule has 1 atom stereocenters. The maximum absolute atomic E-state index is 12.2. The van der Waals surface area contributed by atoms with Gasteiger partial charge in [0.2, 0.25) is 5.91 Å². The van der Waals surface area contributed by atoms with Crippen molar-refractivity contribution >= 4 is 28.7 Å². The quantitative estimate of drug-likeness (QED) is 0.777. The van der Waals surface area contributed by atoms with E-state index in [-0.39, 0.29) is 12.5 Å². The van der Waals surface area contributed by atoms with Gasteiger partial charge >= 0.3 is 0 Å². The van der Waals surface area contributed by atoms with Gasteiger partial charge in [0.05, 0.1) is 22.9 Å². The molecule has 0 spiro atoms. The Morgan fingerprint density at radius 3 is 2.83 bits per heavy atom. The Kier molecular flexibility index (Phi) is 6.47.